The molecule has 31 heavy (non-hydrogen) atoms. The van der Waals surface area contributed by atoms with E-state index in [-0.39, 0.29) is 21.9 Å². The first kappa shape index (κ1) is 22.4. The van der Waals surface area contributed by atoms with E-state index >= 15 is 0 Å². The van der Waals surface area contributed by atoms with Gasteiger partial charge in [-0.15, -0.1) is 5.10 Å². The highest BCUT2D eigenvalue weighted by molar-refractivity contribution is 7.89. The summed E-state index contributed by atoms with van der Waals surface area (Å²) in [7, 11) is -4.35. The molecule has 2 aromatic carbocycles. The van der Waals surface area contributed by atoms with E-state index in [9.17, 15) is 22.4 Å². The van der Waals surface area contributed by atoms with Crippen LogP contribution in [0.25, 0.3) is 0 Å². The standard InChI is InChI=1S/C20H21FN4O5S/c1-10-8-9-14(21)16(11(10)2)12(3)17(19-23-24-20(27)30-19)25-31(28,29)15-7-5-4-6-13(15)18(22)26/h4-9,12,17,25H,1-3H3,(H2,22,26)(H,24,27). The number of nitrogens with two attached hydrogens (primary N) is 1. The number of aryl methyl sites for hydroxylation is 1. The van der Waals surface area contributed by atoms with Gasteiger partial charge in [0.05, 0.1) is 10.5 Å². The lowest BCUT2D eigenvalue weighted by atomic mass is 9.88. The lowest BCUT2D eigenvalue weighted by Crippen LogP contribution is -2.34. The summed E-state index contributed by atoms with van der Waals surface area (Å²) in [5.74, 6) is -3.49. The second kappa shape index (κ2) is 8.44. The SMILES string of the molecule is Cc1ccc(F)c(C(C)C(NS(=O)(=O)c2ccccc2C(N)=O)c2n[nH]c(=O)o2)c1C. The number of amides is 1. The van der Waals surface area contributed by atoms with Gasteiger partial charge in [0.15, 0.2) is 0 Å². The highest BCUT2D eigenvalue weighted by Crippen LogP contribution is 2.35. The van der Waals surface area contributed by atoms with Crippen LogP contribution >= 0.6 is 0 Å². The zero-order chi connectivity index (χ0) is 22.9. The van der Waals surface area contributed by atoms with Gasteiger partial charge in [-0.1, -0.05) is 25.1 Å². The summed E-state index contributed by atoms with van der Waals surface area (Å²) in [6.07, 6.45) is 0. The van der Waals surface area contributed by atoms with Gasteiger partial charge in [-0.3, -0.25) is 4.79 Å². The Balaban J connectivity index is 2.13. The Labute approximate surface area is 177 Å². The summed E-state index contributed by atoms with van der Waals surface area (Å²) in [4.78, 5) is 22.9. The Hall–Kier alpha value is -3.31. The number of primary amides is 1. The Morgan fingerprint density at radius 3 is 2.52 bits per heavy atom. The zero-order valence-electron chi connectivity index (χ0n) is 17.0. The number of aromatic amines is 1. The van der Waals surface area contributed by atoms with E-state index in [0.717, 1.165) is 5.56 Å². The lowest BCUT2D eigenvalue weighted by Gasteiger charge is -2.25. The number of rotatable bonds is 7. The molecule has 3 aromatic rings. The highest BCUT2D eigenvalue weighted by Gasteiger charge is 2.34. The van der Waals surface area contributed by atoms with Crippen LogP contribution in [0.1, 0.15) is 51.8 Å². The molecule has 1 heterocycles. The van der Waals surface area contributed by atoms with E-state index in [4.69, 9.17) is 10.2 Å². The number of aromatic nitrogens is 2. The average molecular weight is 448 g/mol. The number of hydrogen-bond donors (Lipinski definition) is 3. The van der Waals surface area contributed by atoms with Crippen molar-refractivity contribution in [2.75, 3.05) is 0 Å². The molecule has 9 nitrogen and oxygen atoms in total. The predicted octanol–water partition coefficient (Wildman–Crippen LogP) is 2.04. The minimum atomic E-state index is -4.35. The topological polar surface area (TPSA) is 148 Å². The van der Waals surface area contributed by atoms with Gasteiger partial charge in [-0.25, -0.2) is 22.7 Å². The van der Waals surface area contributed by atoms with Crippen LogP contribution in [0.2, 0.25) is 0 Å². The zero-order valence-corrected chi connectivity index (χ0v) is 17.8. The fourth-order valence-corrected chi connectivity index (χ4v) is 4.89. The molecule has 0 aliphatic rings. The number of H-pyrrole nitrogens is 1. The molecule has 0 saturated carbocycles. The van der Waals surface area contributed by atoms with Gasteiger partial charge in [0.25, 0.3) is 0 Å². The monoisotopic (exact) mass is 448 g/mol. The molecule has 2 atom stereocenters. The van der Waals surface area contributed by atoms with E-state index in [1.165, 1.54) is 30.3 Å². The molecular formula is C20H21FN4O5S. The van der Waals surface area contributed by atoms with Crippen molar-refractivity contribution in [3.8, 4) is 0 Å². The number of nitrogens with zero attached hydrogens (tertiary/aromatic N) is 1. The van der Waals surface area contributed by atoms with E-state index in [2.05, 4.69) is 14.9 Å². The van der Waals surface area contributed by atoms with Crippen molar-refractivity contribution in [1.29, 1.82) is 0 Å². The van der Waals surface area contributed by atoms with Gasteiger partial charge < -0.3 is 10.2 Å². The number of halogens is 1. The Kier molecular flexibility index (Phi) is 6.09. The molecule has 4 N–H and O–H groups in total. The second-order valence-corrected chi connectivity index (χ2v) is 8.78. The van der Waals surface area contributed by atoms with Gasteiger partial charge >= 0.3 is 5.76 Å². The third kappa shape index (κ3) is 4.42. The molecule has 0 spiro atoms. The van der Waals surface area contributed by atoms with Crippen LogP contribution < -0.4 is 16.2 Å². The molecular weight excluding hydrogens is 427 g/mol. The summed E-state index contributed by atoms with van der Waals surface area (Å²) in [6.45, 7) is 5.08. The van der Waals surface area contributed by atoms with Crippen LogP contribution in [0.3, 0.4) is 0 Å². The maximum absolute atomic E-state index is 14.7. The smallest absolute Gasteiger partial charge is 0.391 e. The summed E-state index contributed by atoms with van der Waals surface area (Å²) < 4.78 is 48.4. The maximum atomic E-state index is 14.7. The number of sulfonamides is 1. The first-order valence-corrected chi connectivity index (χ1v) is 10.7. The first-order chi connectivity index (χ1) is 14.5. The molecule has 0 aliphatic carbocycles. The van der Waals surface area contributed by atoms with Crippen LogP contribution in [0.5, 0.6) is 0 Å². The largest absolute Gasteiger partial charge is 0.434 e. The van der Waals surface area contributed by atoms with Gasteiger partial charge in [0.1, 0.15) is 11.9 Å². The molecule has 3 rings (SSSR count). The van der Waals surface area contributed by atoms with Crippen LogP contribution in [0.4, 0.5) is 4.39 Å². The van der Waals surface area contributed by atoms with Crippen LogP contribution in [0, 0.1) is 19.7 Å². The van der Waals surface area contributed by atoms with Crippen molar-refractivity contribution in [1.82, 2.24) is 14.9 Å². The van der Waals surface area contributed by atoms with Crippen LogP contribution in [0.15, 0.2) is 50.5 Å². The molecule has 1 amide bonds. The van der Waals surface area contributed by atoms with Gasteiger partial charge in [0.2, 0.25) is 21.8 Å². The second-order valence-electron chi connectivity index (χ2n) is 7.10. The average Bonchev–Trinajstić information content (AvgIpc) is 3.15. The molecule has 0 aliphatic heterocycles. The van der Waals surface area contributed by atoms with Crippen LogP contribution in [-0.4, -0.2) is 24.5 Å². The third-order valence-corrected chi connectivity index (χ3v) is 6.63. The Morgan fingerprint density at radius 2 is 1.90 bits per heavy atom. The van der Waals surface area contributed by atoms with Gasteiger partial charge in [0, 0.05) is 5.92 Å². The Bertz CT molecular complexity index is 1300. The Morgan fingerprint density at radius 1 is 1.23 bits per heavy atom. The van der Waals surface area contributed by atoms with Crippen molar-refractivity contribution < 1.29 is 22.0 Å². The molecule has 2 unspecified atom stereocenters. The number of nitrogens with one attached hydrogen (secondary N) is 2. The highest BCUT2D eigenvalue weighted by atomic mass is 32.2. The lowest BCUT2D eigenvalue weighted by molar-refractivity contribution is 0.0997. The minimum absolute atomic E-state index is 0.220. The van der Waals surface area contributed by atoms with E-state index in [1.54, 1.807) is 26.8 Å². The molecule has 0 saturated heterocycles. The summed E-state index contributed by atoms with van der Waals surface area (Å²) in [5, 5.41) is 5.81. The molecule has 0 radical (unpaired) electrons. The molecule has 11 heteroatoms. The van der Waals surface area contributed by atoms with Crippen molar-refractivity contribution in [2.24, 2.45) is 5.73 Å². The quantitative estimate of drug-likeness (QED) is 0.504. The third-order valence-electron chi connectivity index (χ3n) is 5.13. The molecule has 0 bridgehead atoms. The normalized spacial score (nSPS) is 13.7. The number of carbonyl (C=O) groups excluding carboxylic acids is 1. The van der Waals surface area contributed by atoms with E-state index in [0.29, 0.717) is 5.56 Å². The number of carbonyl (C=O) groups is 1. The van der Waals surface area contributed by atoms with Crippen molar-refractivity contribution in [3.63, 3.8) is 0 Å². The van der Waals surface area contributed by atoms with Crippen molar-refractivity contribution in [2.45, 2.75) is 37.6 Å². The predicted molar refractivity (Wildman–Crippen MR) is 109 cm³/mol. The van der Waals surface area contributed by atoms with Gasteiger partial charge in [-0.05, 0) is 48.7 Å². The fourth-order valence-electron chi connectivity index (χ4n) is 3.41. The molecule has 0 fully saturated rings. The first-order valence-electron chi connectivity index (χ1n) is 9.25. The number of hydrogen-bond acceptors (Lipinski definition) is 6. The summed E-state index contributed by atoms with van der Waals surface area (Å²) in [6, 6.07) is 7.01. The minimum Gasteiger partial charge on any atom is -0.391 e. The molecule has 1 aromatic heterocycles. The summed E-state index contributed by atoms with van der Waals surface area (Å²) in [5.41, 5.74) is 6.74. The maximum Gasteiger partial charge on any atom is 0.434 e. The van der Waals surface area contributed by atoms with Crippen molar-refractivity contribution in [3.05, 3.63) is 80.9 Å². The van der Waals surface area contributed by atoms with Gasteiger partial charge in [-0.2, -0.15) is 4.72 Å². The van der Waals surface area contributed by atoms with Crippen LogP contribution in [-0.2, 0) is 10.0 Å². The molecule has 164 valence electrons. The van der Waals surface area contributed by atoms with E-state index < -0.39 is 39.5 Å². The fraction of sp³-hybridized carbons (Fsp3) is 0.250. The summed E-state index contributed by atoms with van der Waals surface area (Å²) >= 11 is 0. The number of benzene rings is 2. The van der Waals surface area contributed by atoms with E-state index in [1.807, 2.05) is 0 Å². The van der Waals surface area contributed by atoms with Crippen molar-refractivity contribution >= 4 is 15.9 Å².